The van der Waals surface area contributed by atoms with Gasteiger partial charge in [0.05, 0.1) is 12.8 Å². The molecule has 1 rings (SSSR count). The maximum absolute atomic E-state index is 12.0. The monoisotopic (exact) mass is 229 g/mol. The summed E-state index contributed by atoms with van der Waals surface area (Å²) in [4.78, 5) is 13.4. The normalized spacial score (nSPS) is 9.75. The second-order valence-corrected chi connectivity index (χ2v) is 2.74. The molecule has 4 nitrogen and oxygen atoms in total. The lowest BCUT2D eigenvalue weighted by Crippen LogP contribution is -2.07. The van der Waals surface area contributed by atoms with Gasteiger partial charge in [-0.15, -0.1) is 0 Å². The van der Waals surface area contributed by atoms with Gasteiger partial charge in [-0.1, -0.05) is 0 Å². The van der Waals surface area contributed by atoms with Crippen LogP contribution in [0.2, 0.25) is 0 Å². The van der Waals surface area contributed by atoms with Crippen molar-refractivity contribution in [3.8, 4) is 11.5 Å². The van der Waals surface area contributed by atoms with Gasteiger partial charge in [0, 0.05) is 6.07 Å². The van der Waals surface area contributed by atoms with Crippen molar-refractivity contribution < 1.29 is 23.0 Å². The number of hydrogen-bond acceptors (Lipinski definition) is 4. The van der Waals surface area contributed by atoms with E-state index in [0.29, 0.717) is 5.75 Å². The van der Waals surface area contributed by atoms with Crippen LogP contribution in [0.4, 0.5) is 14.5 Å². The standard InChI is InChI=1S/C10H9F2NO3/c1-15-8-3-2-7(13-6-14)4-9(8)16-5-10(11)12/h2-4,10H,5H2,1H3. The van der Waals surface area contributed by atoms with Crippen LogP contribution in [0.15, 0.2) is 23.2 Å². The van der Waals surface area contributed by atoms with Gasteiger partial charge in [-0.2, -0.15) is 4.99 Å². The Morgan fingerprint density at radius 3 is 2.75 bits per heavy atom. The van der Waals surface area contributed by atoms with Crippen LogP contribution in [0, 0.1) is 0 Å². The van der Waals surface area contributed by atoms with E-state index in [4.69, 9.17) is 9.47 Å². The largest absolute Gasteiger partial charge is 0.493 e. The molecule has 0 atom stereocenters. The number of rotatable bonds is 5. The minimum atomic E-state index is -2.58. The van der Waals surface area contributed by atoms with Crippen molar-refractivity contribution in [2.45, 2.75) is 6.43 Å². The summed E-state index contributed by atoms with van der Waals surface area (Å²) in [6, 6.07) is 4.28. The van der Waals surface area contributed by atoms with Crippen molar-refractivity contribution in [1.29, 1.82) is 0 Å². The molecule has 0 heterocycles. The Hall–Kier alpha value is -1.94. The summed E-state index contributed by atoms with van der Waals surface area (Å²) in [5.74, 6) is 0.407. The second-order valence-electron chi connectivity index (χ2n) is 2.74. The molecule has 0 aliphatic carbocycles. The Morgan fingerprint density at radius 1 is 1.44 bits per heavy atom. The highest BCUT2D eigenvalue weighted by Crippen LogP contribution is 2.31. The Morgan fingerprint density at radius 2 is 2.19 bits per heavy atom. The summed E-state index contributed by atoms with van der Waals surface area (Å²) < 4.78 is 33.6. The number of alkyl halides is 2. The first-order valence-corrected chi connectivity index (χ1v) is 4.34. The number of hydrogen-bond donors (Lipinski definition) is 0. The first-order valence-electron chi connectivity index (χ1n) is 4.34. The summed E-state index contributed by atoms with van der Waals surface area (Å²) >= 11 is 0. The zero-order chi connectivity index (χ0) is 12.0. The van der Waals surface area contributed by atoms with Gasteiger partial charge in [0.25, 0.3) is 6.43 Å². The minimum Gasteiger partial charge on any atom is -0.493 e. The third-order valence-electron chi connectivity index (χ3n) is 1.69. The average Bonchev–Trinajstić information content (AvgIpc) is 2.27. The fourth-order valence-corrected chi connectivity index (χ4v) is 1.05. The van der Waals surface area contributed by atoms with Crippen molar-refractivity contribution in [2.75, 3.05) is 13.7 Å². The van der Waals surface area contributed by atoms with Gasteiger partial charge in [0.15, 0.2) is 11.5 Å². The van der Waals surface area contributed by atoms with E-state index in [9.17, 15) is 13.6 Å². The molecular weight excluding hydrogens is 220 g/mol. The number of nitrogens with zero attached hydrogens (tertiary/aromatic N) is 1. The zero-order valence-electron chi connectivity index (χ0n) is 8.44. The predicted octanol–water partition coefficient (Wildman–Crippen LogP) is 2.31. The van der Waals surface area contributed by atoms with Crippen LogP contribution in [0.1, 0.15) is 0 Å². The van der Waals surface area contributed by atoms with Crippen molar-refractivity contribution in [3.63, 3.8) is 0 Å². The molecule has 16 heavy (non-hydrogen) atoms. The van der Waals surface area contributed by atoms with Crippen molar-refractivity contribution in [1.82, 2.24) is 0 Å². The van der Waals surface area contributed by atoms with E-state index in [0.717, 1.165) is 0 Å². The highest BCUT2D eigenvalue weighted by atomic mass is 19.3. The van der Waals surface area contributed by atoms with E-state index >= 15 is 0 Å². The molecule has 0 unspecified atom stereocenters. The first kappa shape index (κ1) is 12.1. The summed E-state index contributed by atoms with van der Waals surface area (Å²) in [5, 5.41) is 0. The maximum atomic E-state index is 12.0. The number of halogens is 2. The molecule has 0 spiro atoms. The van der Waals surface area contributed by atoms with Gasteiger partial charge in [-0.05, 0) is 12.1 Å². The number of ether oxygens (including phenoxy) is 2. The van der Waals surface area contributed by atoms with Crippen LogP contribution in [0.3, 0.4) is 0 Å². The fourth-order valence-electron chi connectivity index (χ4n) is 1.05. The lowest BCUT2D eigenvalue weighted by atomic mass is 10.3. The molecule has 0 fully saturated rings. The summed E-state index contributed by atoms with van der Waals surface area (Å²) in [7, 11) is 1.38. The lowest BCUT2D eigenvalue weighted by molar-refractivity contribution is 0.0805. The van der Waals surface area contributed by atoms with Gasteiger partial charge in [-0.3, -0.25) is 0 Å². The zero-order valence-corrected chi connectivity index (χ0v) is 8.44. The van der Waals surface area contributed by atoms with Gasteiger partial charge >= 0.3 is 0 Å². The van der Waals surface area contributed by atoms with Crippen LogP contribution in [-0.4, -0.2) is 26.2 Å². The minimum absolute atomic E-state index is 0.110. The lowest BCUT2D eigenvalue weighted by Gasteiger charge is -2.10. The highest BCUT2D eigenvalue weighted by molar-refractivity contribution is 5.55. The van der Waals surface area contributed by atoms with E-state index < -0.39 is 13.0 Å². The molecule has 0 aromatic heterocycles. The van der Waals surface area contributed by atoms with Crippen LogP contribution < -0.4 is 9.47 Å². The molecule has 0 saturated heterocycles. The van der Waals surface area contributed by atoms with Gasteiger partial charge < -0.3 is 9.47 Å². The van der Waals surface area contributed by atoms with Crippen LogP contribution >= 0.6 is 0 Å². The number of isocyanates is 1. The van der Waals surface area contributed by atoms with E-state index in [1.165, 1.54) is 31.4 Å². The SMILES string of the molecule is COc1ccc(N=C=O)cc1OCC(F)F. The molecule has 0 bridgehead atoms. The molecule has 86 valence electrons. The number of methoxy groups -OCH3 is 1. The Labute approximate surface area is 90.5 Å². The molecule has 0 N–H and O–H groups in total. The van der Waals surface area contributed by atoms with Crippen LogP contribution in [-0.2, 0) is 4.79 Å². The summed E-state index contributed by atoms with van der Waals surface area (Å²) in [6.07, 6.45) is -1.24. The third-order valence-corrected chi connectivity index (χ3v) is 1.69. The molecule has 0 saturated carbocycles. The predicted molar refractivity (Wildman–Crippen MR) is 52.3 cm³/mol. The number of aliphatic imine (C=N–C) groups is 1. The van der Waals surface area contributed by atoms with E-state index in [-0.39, 0.29) is 11.4 Å². The third kappa shape index (κ3) is 3.33. The highest BCUT2D eigenvalue weighted by Gasteiger charge is 2.09. The van der Waals surface area contributed by atoms with Gasteiger partial charge in [0.1, 0.15) is 6.61 Å². The van der Waals surface area contributed by atoms with Crippen molar-refractivity contribution >= 4 is 11.8 Å². The van der Waals surface area contributed by atoms with Crippen molar-refractivity contribution in [3.05, 3.63) is 18.2 Å². The summed E-state index contributed by atoms with van der Waals surface area (Å²) in [5.41, 5.74) is 0.264. The van der Waals surface area contributed by atoms with Crippen LogP contribution in [0.25, 0.3) is 0 Å². The molecule has 0 radical (unpaired) electrons. The fraction of sp³-hybridized carbons (Fsp3) is 0.300. The van der Waals surface area contributed by atoms with E-state index in [1.807, 2.05) is 0 Å². The molecule has 0 aliphatic rings. The van der Waals surface area contributed by atoms with Crippen molar-refractivity contribution in [2.24, 2.45) is 4.99 Å². The van der Waals surface area contributed by atoms with E-state index in [1.54, 1.807) is 0 Å². The molecule has 0 amide bonds. The Kier molecular flexibility index (Phi) is 4.42. The van der Waals surface area contributed by atoms with Crippen LogP contribution in [0.5, 0.6) is 11.5 Å². The molecular formula is C10H9F2NO3. The first-order chi connectivity index (χ1) is 7.67. The number of carbonyl (C=O) groups excluding carboxylic acids is 1. The van der Waals surface area contributed by atoms with E-state index in [2.05, 4.69) is 4.99 Å². The summed E-state index contributed by atoms with van der Waals surface area (Å²) in [6.45, 7) is -0.745. The van der Waals surface area contributed by atoms with Gasteiger partial charge in [-0.25, -0.2) is 13.6 Å². The Bertz CT molecular complexity index is 403. The quantitative estimate of drug-likeness (QED) is 0.575. The number of benzene rings is 1. The second kappa shape index (κ2) is 5.82. The average molecular weight is 229 g/mol. The molecule has 6 heteroatoms. The smallest absolute Gasteiger partial charge is 0.272 e. The van der Waals surface area contributed by atoms with Gasteiger partial charge in [0.2, 0.25) is 6.08 Å². The Balaban J connectivity index is 2.92. The maximum Gasteiger partial charge on any atom is 0.272 e. The molecule has 1 aromatic carbocycles. The molecule has 1 aromatic rings. The topological polar surface area (TPSA) is 47.9 Å². The molecule has 0 aliphatic heterocycles.